The van der Waals surface area contributed by atoms with Gasteiger partial charge in [-0.3, -0.25) is 4.98 Å². The summed E-state index contributed by atoms with van der Waals surface area (Å²) in [6, 6.07) is 38.8. The second-order valence-corrected chi connectivity index (χ2v) is 12.1. The van der Waals surface area contributed by atoms with Gasteiger partial charge in [0.1, 0.15) is 0 Å². The van der Waals surface area contributed by atoms with Gasteiger partial charge in [-0.1, -0.05) is 115 Å². The van der Waals surface area contributed by atoms with Gasteiger partial charge in [0.15, 0.2) is 17.5 Å². The summed E-state index contributed by atoms with van der Waals surface area (Å²) in [7, 11) is 0. The van der Waals surface area contributed by atoms with Gasteiger partial charge in [-0.2, -0.15) is 0 Å². The van der Waals surface area contributed by atoms with Crippen LogP contribution >= 0.6 is 0 Å². The molecule has 0 fully saturated rings. The Bertz CT molecular complexity index is 2610. The maximum Gasteiger partial charge on any atom is 0.164 e. The topological polar surface area (TPSA) is 51.6 Å². The summed E-state index contributed by atoms with van der Waals surface area (Å²) in [6.07, 6.45) is 10.3. The van der Waals surface area contributed by atoms with E-state index in [9.17, 15) is 0 Å². The lowest BCUT2D eigenvalue weighted by molar-refractivity contribution is 0.979. The molecule has 0 spiro atoms. The molecule has 8 aromatic rings. The molecule has 0 saturated heterocycles. The average Bonchev–Trinajstić information content (AvgIpc) is 3.46. The van der Waals surface area contributed by atoms with Gasteiger partial charge >= 0.3 is 0 Å². The fourth-order valence-electron chi connectivity index (χ4n) is 7.46. The van der Waals surface area contributed by atoms with Crippen molar-refractivity contribution in [2.24, 2.45) is 0 Å². The first kappa shape index (κ1) is 25.3. The average molecular weight is 587 g/mol. The van der Waals surface area contributed by atoms with Crippen molar-refractivity contribution in [2.75, 3.05) is 0 Å². The SMILES string of the molecule is C1=CCCC(c2nc(-c3ccc4c5c(cccc35)-c3ccccc3-4)nc(-c3cccc4ncc5ccc6ccccc6c5c34)n2)=C1. The molecule has 2 aliphatic rings. The van der Waals surface area contributed by atoms with Crippen molar-refractivity contribution in [3.8, 4) is 45.0 Å². The van der Waals surface area contributed by atoms with E-state index in [4.69, 9.17) is 19.9 Å². The minimum Gasteiger partial charge on any atom is -0.256 e. The first-order chi connectivity index (χ1) is 22.8. The van der Waals surface area contributed by atoms with Crippen LogP contribution in [0.5, 0.6) is 0 Å². The van der Waals surface area contributed by atoms with Gasteiger partial charge in [0.2, 0.25) is 0 Å². The standard InChI is InChI=1S/C42H26N4/c1-2-11-26(12-3-1)40-44-41(34-23-22-33-30-15-7-6-14-29(30)31-16-8-17-32(34)38(31)33)46-42(45-40)35-18-9-19-36-39(35)37-27(24-43-36)21-20-25-10-4-5-13-28(25)37/h1-2,4-11,13-24H,3,12H2. The van der Waals surface area contributed by atoms with E-state index in [0.29, 0.717) is 11.6 Å². The summed E-state index contributed by atoms with van der Waals surface area (Å²) < 4.78 is 0. The Labute approximate surface area is 265 Å². The van der Waals surface area contributed by atoms with Gasteiger partial charge in [0.25, 0.3) is 0 Å². The first-order valence-electron chi connectivity index (χ1n) is 15.8. The number of hydrogen-bond donors (Lipinski definition) is 0. The Hall–Kier alpha value is -6.00. The lowest BCUT2D eigenvalue weighted by atomic mass is 9.96. The van der Waals surface area contributed by atoms with Gasteiger partial charge in [0, 0.05) is 33.5 Å². The maximum absolute atomic E-state index is 5.29. The molecule has 46 heavy (non-hydrogen) atoms. The molecular weight excluding hydrogens is 560 g/mol. The highest BCUT2D eigenvalue weighted by molar-refractivity contribution is 6.23. The number of rotatable bonds is 3. The third-order valence-electron chi connectivity index (χ3n) is 9.56. The maximum atomic E-state index is 5.29. The number of fused-ring (bicyclic) bond motifs is 8. The third kappa shape index (κ3) is 3.67. The predicted octanol–water partition coefficient (Wildman–Crippen LogP) is 10.6. The van der Waals surface area contributed by atoms with E-state index in [1.165, 1.54) is 43.8 Å². The number of aromatic nitrogens is 4. The monoisotopic (exact) mass is 586 g/mol. The molecule has 0 saturated carbocycles. The molecule has 10 rings (SSSR count). The van der Waals surface area contributed by atoms with Gasteiger partial charge in [-0.15, -0.1) is 0 Å². The van der Waals surface area contributed by atoms with Crippen molar-refractivity contribution < 1.29 is 0 Å². The zero-order chi connectivity index (χ0) is 30.2. The molecule has 6 aromatic carbocycles. The Balaban J connectivity index is 1.28. The largest absolute Gasteiger partial charge is 0.256 e. The second-order valence-electron chi connectivity index (χ2n) is 12.1. The zero-order valence-corrected chi connectivity index (χ0v) is 24.9. The van der Waals surface area contributed by atoms with E-state index in [-0.39, 0.29) is 0 Å². The molecule has 2 heterocycles. The smallest absolute Gasteiger partial charge is 0.164 e. The van der Waals surface area contributed by atoms with Crippen LogP contribution in [0.15, 0.2) is 134 Å². The van der Waals surface area contributed by atoms with Gasteiger partial charge in [-0.05, 0) is 74.3 Å². The highest BCUT2D eigenvalue weighted by Crippen LogP contribution is 2.49. The lowest BCUT2D eigenvalue weighted by Crippen LogP contribution is -2.04. The molecule has 4 heteroatoms. The van der Waals surface area contributed by atoms with Gasteiger partial charge < -0.3 is 0 Å². The molecule has 4 nitrogen and oxygen atoms in total. The van der Waals surface area contributed by atoms with Crippen LogP contribution in [0.1, 0.15) is 18.7 Å². The molecule has 2 aromatic heterocycles. The Morgan fingerprint density at radius 1 is 0.457 bits per heavy atom. The second kappa shape index (κ2) is 9.75. The Kier molecular flexibility index (Phi) is 5.37. The highest BCUT2D eigenvalue weighted by atomic mass is 15.0. The number of nitrogens with zero attached hydrogens (tertiary/aromatic N) is 4. The molecule has 0 atom stereocenters. The quantitative estimate of drug-likeness (QED) is 0.193. The first-order valence-corrected chi connectivity index (χ1v) is 15.8. The van der Waals surface area contributed by atoms with Crippen molar-refractivity contribution in [3.05, 3.63) is 139 Å². The summed E-state index contributed by atoms with van der Waals surface area (Å²) in [5.41, 5.74) is 9.10. The minimum absolute atomic E-state index is 0.662. The summed E-state index contributed by atoms with van der Waals surface area (Å²) in [5.74, 6) is 2.07. The van der Waals surface area contributed by atoms with Crippen LogP contribution in [0, 0.1) is 0 Å². The lowest BCUT2D eigenvalue weighted by Gasteiger charge is -2.15. The number of benzene rings is 6. The van der Waals surface area contributed by atoms with Gasteiger partial charge in [0.05, 0.1) is 5.52 Å². The minimum atomic E-state index is 0.662. The molecule has 0 unspecified atom stereocenters. The van der Waals surface area contributed by atoms with E-state index in [0.717, 1.165) is 57.0 Å². The number of allylic oxidation sites excluding steroid dienone is 4. The molecule has 0 aliphatic heterocycles. The van der Waals surface area contributed by atoms with Crippen molar-refractivity contribution in [2.45, 2.75) is 12.8 Å². The summed E-state index contributed by atoms with van der Waals surface area (Å²) in [5, 5.41) is 8.14. The van der Waals surface area contributed by atoms with Crippen LogP contribution in [-0.4, -0.2) is 19.9 Å². The van der Waals surface area contributed by atoms with Crippen LogP contribution in [0.3, 0.4) is 0 Å². The molecule has 214 valence electrons. The number of pyridine rings is 1. The van der Waals surface area contributed by atoms with E-state index >= 15 is 0 Å². The van der Waals surface area contributed by atoms with Crippen molar-refractivity contribution in [1.29, 1.82) is 0 Å². The van der Waals surface area contributed by atoms with E-state index in [2.05, 4.69) is 127 Å². The number of hydrogen-bond acceptors (Lipinski definition) is 4. The van der Waals surface area contributed by atoms with Crippen molar-refractivity contribution in [3.63, 3.8) is 0 Å². The summed E-state index contributed by atoms with van der Waals surface area (Å²) in [6.45, 7) is 0. The van der Waals surface area contributed by atoms with Crippen LogP contribution in [0.25, 0.3) is 93.8 Å². The van der Waals surface area contributed by atoms with Crippen LogP contribution in [0.4, 0.5) is 0 Å². The molecule has 0 amide bonds. The van der Waals surface area contributed by atoms with Crippen LogP contribution in [-0.2, 0) is 0 Å². The van der Waals surface area contributed by atoms with Crippen LogP contribution < -0.4 is 0 Å². The Morgan fingerprint density at radius 2 is 1.13 bits per heavy atom. The van der Waals surface area contributed by atoms with Crippen molar-refractivity contribution in [1.82, 2.24) is 19.9 Å². The predicted molar refractivity (Wildman–Crippen MR) is 189 cm³/mol. The molecule has 0 N–H and O–H groups in total. The van der Waals surface area contributed by atoms with E-state index in [1.807, 2.05) is 6.20 Å². The molecular formula is C42H26N4. The highest BCUT2D eigenvalue weighted by Gasteiger charge is 2.24. The van der Waals surface area contributed by atoms with E-state index < -0.39 is 0 Å². The summed E-state index contributed by atoms with van der Waals surface area (Å²) in [4.78, 5) is 20.6. The van der Waals surface area contributed by atoms with Crippen molar-refractivity contribution >= 4 is 48.8 Å². The van der Waals surface area contributed by atoms with Crippen LogP contribution in [0.2, 0.25) is 0 Å². The normalized spacial score (nSPS) is 13.5. The Morgan fingerprint density at radius 3 is 2.00 bits per heavy atom. The van der Waals surface area contributed by atoms with Gasteiger partial charge in [-0.25, -0.2) is 15.0 Å². The summed E-state index contributed by atoms with van der Waals surface area (Å²) >= 11 is 0. The van der Waals surface area contributed by atoms with E-state index in [1.54, 1.807) is 0 Å². The fourth-order valence-corrected chi connectivity index (χ4v) is 7.46. The molecule has 0 bridgehead atoms. The third-order valence-corrected chi connectivity index (χ3v) is 9.56. The molecule has 0 radical (unpaired) electrons. The zero-order valence-electron chi connectivity index (χ0n) is 24.9. The fraction of sp³-hybridized carbons (Fsp3) is 0.0476. The molecule has 2 aliphatic carbocycles.